The van der Waals surface area contributed by atoms with E-state index in [4.69, 9.17) is 21.1 Å². The van der Waals surface area contributed by atoms with E-state index in [1.54, 1.807) is 12.1 Å². The van der Waals surface area contributed by atoms with Gasteiger partial charge in [-0.3, -0.25) is 4.79 Å². The minimum atomic E-state index is -0.662. The Hall–Kier alpha value is -2.34. The Balaban J connectivity index is 1.83. The molecule has 0 aliphatic rings. The normalized spacial score (nSPS) is 10.2. The fourth-order valence-corrected chi connectivity index (χ4v) is 1.68. The monoisotopic (exact) mass is 311 g/mol. The molecular formula is C14H11ClFNO4. The van der Waals surface area contributed by atoms with Gasteiger partial charge in [0.25, 0.3) is 5.56 Å². The van der Waals surface area contributed by atoms with Gasteiger partial charge in [0, 0.05) is 6.20 Å². The van der Waals surface area contributed by atoms with E-state index in [0.29, 0.717) is 0 Å². The summed E-state index contributed by atoms with van der Waals surface area (Å²) in [5, 5.41) is -0.105. The molecule has 0 saturated carbocycles. The number of carbonyl (C=O) groups is 1. The van der Waals surface area contributed by atoms with Gasteiger partial charge in [0.1, 0.15) is 18.2 Å². The van der Waals surface area contributed by atoms with Crippen LogP contribution in [-0.4, -0.2) is 24.2 Å². The van der Waals surface area contributed by atoms with Crippen LogP contribution >= 0.6 is 11.6 Å². The molecule has 21 heavy (non-hydrogen) atoms. The summed E-state index contributed by atoms with van der Waals surface area (Å²) in [5.74, 6) is -1.07. The number of H-pyrrole nitrogens is 1. The number of carbonyl (C=O) groups excluding carboxylic acids is 1. The van der Waals surface area contributed by atoms with Gasteiger partial charge < -0.3 is 14.5 Å². The molecule has 2 aromatic rings. The second-order valence-electron chi connectivity index (χ2n) is 3.98. The van der Waals surface area contributed by atoms with Crippen molar-refractivity contribution in [2.75, 3.05) is 13.2 Å². The van der Waals surface area contributed by atoms with Gasteiger partial charge in [-0.2, -0.15) is 0 Å². The molecule has 1 aromatic heterocycles. The van der Waals surface area contributed by atoms with Crippen molar-refractivity contribution >= 4 is 17.6 Å². The molecule has 0 aliphatic heterocycles. The predicted octanol–water partition coefficient (Wildman–Crippen LogP) is 2.40. The maximum atomic E-state index is 13.2. The topological polar surface area (TPSA) is 68.4 Å². The van der Waals surface area contributed by atoms with Crippen molar-refractivity contribution in [2.24, 2.45) is 0 Å². The van der Waals surface area contributed by atoms with E-state index in [2.05, 4.69) is 4.98 Å². The van der Waals surface area contributed by atoms with Gasteiger partial charge in [-0.25, -0.2) is 9.18 Å². The third-order valence-corrected chi connectivity index (χ3v) is 2.79. The Morgan fingerprint density at radius 3 is 2.76 bits per heavy atom. The van der Waals surface area contributed by atoms with Crippen molar-refractivity contribution in [1.29, 1.82) is 0 Å². The third-order valence-electron chi connectivity index (χ3n) is 2.50. The van der Waals surface area contributed by atoms with Gasteiger partial charge in [-0.1, -0.05) is 23.7 Å². The summed E-state index contributed by atoms with van der Waals surface area (Å²) in [4.78, 5) is 25.0. The minimum Gasteiger partial charge on any atom is -0.487 e. The van der Waals surface area contributed by atoms with E-state index in [1.807, 2.05) is 0 Å². The molecule has 0 bridgehead atoms. The standard InChI is InChI=1S/C14H11ClFNO4/c15-10-7-9(8-17-13(10)18)14(19)21-6-5-20-12-4-2-1-3-11(12)16/h1-4,7-8H,5-6H2,(H,17,18). The molecule has 5 nitrogen and oxygen atoms in total. The van der Waals surface area contributed by atoms with Crippen LogP contribution in [0.15, 0.2) is 41.3 Å². The first-order chi connectivity index (χ1) is 10.1. The average molecular weight is 312 g/mol. The summed E-state index contributed by atoms with van der Waals surface area (Å²) in [5.41, 5.74) is -0.374. The lowest BCUT2D eigenvalue weighted by molar-refractivity contribution is 0.0448. The van der Waals surface area contributed by atoms with E-state index >= 15 is 0 Å². The number of para-hydroxylation sites is 1. The first kappa shape index (κ1) is 15.1. The molecule has 1 heterocycles. The van der Waals surface area contributed by atoms with Crippen molar-refractivity contribution in [3.05, 3.63) is 63.3 Å². The summed E-state index contributed by atoms with van der Waals surface area (Å²) in [6.45, 7) is -0.0618. The van der Waals surface area contributed by atoms with Crippen molar-refractivity contribution in [3.63, 3.8) is 0 Å². The molecule has 0 atom stereocenters. The molecule has 0 radical (unpaired) electrons. The van der Waals surface area contributed by atoms with Crippen LogP contribution in [-0.2, 0) is 4.74 Å². The number of rotatable bonds is 5. The maximum Gasteiger partial charge on any atom is 0.339 e. The second kappa shape index (κ2) is 6.90. The first-order valence-corrected chi connectivity index (χ1v) is 6.38. The largest absolute Gasteiger partial charge is 0.487 e. The lowest BCUT2D eigenvalue weighted by atomic mass is 10.3. The number of halogens is 2. The summed E-state index contributed by atoms with van der Waals surface area (Å²) in [6, 6.07) is 7.12. The van der Waals surface area contributed by atoms with Crippen LogP contribution in [0.4, 0.5) is 4.39 Å². The molecule has 110 valence electrons. The van der Waals surface area contributed by atoms with Crippen LogP contribution in [0.25, 0.3) is 0 Å². The Morgan fingerprint density at radius 2 is 2.05 bits per heavy atom. The fraction of sp³-hybridized carbons (Fsp3) is 0.143. The number of pyridine rings is 1. The van der Waals surface area contributed by atoms with Crippen LogP contribution in [0.2, 0.25) is 5.02 Å². The Kier molecular flexibility index (Phi) is 4.94. The molecule has 1 aromatic carbocycles. The molecule has 7 heteroatoms. The molecule has 0 fully saturated rings. The quantitative estimate of drug-likeness (QED) is 0.680. The van der Waals surface area contributed by atoms with Crippen LogP contribution in [0.3, 0.4) is 0 Å². The van der Waals surface area contributed by atoms with Crippen LogP contribution in [0.5, 0.6) is 5.75 Å². The van der Waals surface area contributed by atoms with E-state index in [9.17, 15) is 14.0 Å². The number of nitrogens with one attached hydrogen (secondary N) is 1. The van der Waals surface area contributed by atoms with Crippen LogP contribution < -0.4 is 10.3 Å². The van der Waals surface area contributed by atoms with E-state index < -0.39 is 17.3 Å². The fourth-order valence-electron chi connectivity index (χ4n) is 1.50. The number of ether oxygens (including phenoxy) is 2. The molecule has 0 amide bonds. The highest BCUT2D eigenvalue weighted by Gasteiger charge is 2.09. The molecule has 0 aliphatic carbocycles. The Labute approximate surface area is 124 Å². The molecule has 2 rings (SSSR count). The summed E-state index contributed by atoms with van der Waals surface area (Å²) in [6.07, 6.45) is 1.20. The van der Waals surface area contributed by atoms with Gasteiger partial charge in [0.05, 0.1) is 5.56 Å². The zero-order valence-electron chi connectivity index (χ0n) is 10.8. The molecule has 0 saturated heterocycles. The predicted molar refractivity (Wildman–Crippen MR) is 74.3 cm³/mol. The number of aromatic amines is 1. The third kappa shape index (κ3) is 4.06. The lowest BCUT2D eigenvalue weighted by Crippen LogP contribution is -2.15. The van der Waals surface area contributed by atoms with Crippen molar-refractivity contribution in [2.45, 2.75) is 0 Å². The van der Waals surface area contributed by atoms with E-state index in [0.717, 1.165) is 0 Å². The number of benzene rings is 1. The number of esters is 1. The second-order valence-corrected chi connectivity index (χ2v) is 4.39. The molecular weight excluding hydrogens is 301 g/mol. The average Bonchev–Trinajstić information content (AvgIpc) is 2.48. The number of hydrogen-bond acceptors (Lipinski definition) is 4. The minimum absolute atomic E-state index is 0.00373. The van der Waals surface area contributed by atoms with Crippen molar-refractivity contribution in [1.82, 2.24) is 4.98 Å². The Bertz CT molecular complexity index is 701. The van der Waals surface area contributed by atoms with Crippen molar-refractivity contribution in [3.8, 4) is 5.75 Å². The highest BCUT2D eigenvalue weighted by atomic mass is 35.5. The van der Waals surface area contributed by atoms with Crippen LogP contribution in [0, 0.1) is 5.82 Å². The van der Waals surface area contributed by atoms with Gasteiger partial charge in [-0.05, 0) is 18.2 Å². The summed E-state index contributed by atoms with van der Waals surface area (Å²) in [7, 11) is 0. The van der Waals surface area contributed by atoms with Gasteiger partial charge in [0.15, 0.2) is 11.6 Å². The van der Waals surface area contributed by atoms with E-state index in [1.165, 1.54) is 24.4 Å². The zero-order chi connectivity index (χ0) is 15.2. The van der Waals surface area contributed by atoms with Gasteiger partial charge in [0.2, 0.25) is 0 Å². The zero-order valence-corrected chi connectivity index (χ0v) is 11.5. The highest BCUT2D eigenvalue weighted by Crippen LogP contribution is 2.15. The van der Waals surface area contributed by atoms with Crippen LogP contribution in [0.1, 0.15) is 10.4 Å². The molecule has 1 N–H and O–H groups in total. The smallest absolute Gasteiger partial charge is 0.339 e. The van der Waals surface area contributed by atoms with Gasteiger partial charge in [-0.15, -0.1) is 0 Å². The lowest BCUT2D eigenvalue weighted by Gasteiger charge is -2.08. The number of hydrogen-bond donors (Lipinski definition) is 1. The van der Waals surface area contributed by atoms with E-state index in [-0.39, 0.29) is 29.5 Å². The maximum absolute atomic E-state index is 13.2. The summed E-state index contributed by atoms with van der Waals surface area (Å²) < 4.78 is 23.3. The summed E-state index contributed by atoms with van der Waals surface area (Å²) >= 11 is 5.60. The molecule has 0 spiro atoms. The van der Waals surface area contributed by atoms with Crippen molar-refractivity contribution < 1.29 is 18.7 Å². The number of aromatic nitrogens is 1. The van der Waals surface area contributed by atoms with Gasteiger partial charge >= 0.3 is 5.97 Å². The Morgan fingerprint density at radius 1 is 1.29 bits per heavy atom. The SMILES string of the molecule is O=C(OCCOc1ccccc1F)c1c[nH]c(=O)c(Cl)c1. The highest BCUT2D eigenvalue weighted by molar-refractivity contribution is 6.30. The first-order valence-electron chi connectivity index (χ1n) is 6.00. The molecule has 0 unspecified atom stereocenters.